The molecule has 0 radical (unpaired) electrons. The van der Waals surface area contributed by atoms with Crippen molar-refractivity contribution in [1.29, 1.82) is 0 Å². The summed E-state index contributed by atoms with van der Waals surface area (Å²) >= 11 is 0. The zero-order valence-electron chi connectivity index (χ0n) is 13.7. The number of hydrogen-bond donors (Lipinski definition) is 1. The van der Waals surface area contributed by atoms with Crippen LogP contribution in [0.25, 0.3) is 0 Å². The van der Waals surface area contributed by atoms with Crippen LogP contribution in [0.3, 0.4) is 0 Å². The Labute approximate surface area is 133 Å². The lowest BCUT2D eigenvalue weighted by Gasteiger charge is -2.26. The Morgan fingerprint density at radius 1 is 1.23 bits per heavy atom. The monoisotopic (exact) mass is 308 g/mol. The van der Waals surface area contributed by atoms with Crippen LogP contribution in [-0.4, -0.2) is 57.0 Å². The summed E-state index contributed by atoms with van der Waals surface area (Å²) in [7, 11) is 0. The summed E-state index contributed by atoms with van der Waals surface area (Å²) in [6.07, 6.45) is 0.841. The van der Waals surface area contributed by atoms with E-state index in [1.54, 1.807) is 0 Å². The van der Waals surface area contributed by atoms with Crippen molar-refractivity contribution in [2.45, 2.75) is 26.3 Å². The first-order valence-corrected chi connectivity index (χ1v) is 8.13. The third-order valence-corrected chi connectivity index (χ3v) is 3.63. The molecule has 1 unspecified atom stereocenters. The second-order valence-electron chi connectivity index (χ2n) is 5.70. The molecule has 2 N–H and O–H groups in total. The van der Waals surface area contributed by atoms with Crippen molar-refractivity contribution in [1.82, 2.24) is 4.90 Å². The molecule has 5 heteroatoms. The Morgan fingerprint density at radius 2 is 2.00 bits per heavy atom. The maximum atomic E-state index is 5.91. The number of hydrogen-bond acceptors (Lipinski definition) is 5. The lowest BCUT2D eigenvalue weighted by atomic mass is 10.1. The molecule has 1 heterocycles. The van der Waals surface area contributed by atoms with E-state index in [-0.39, 0.29) is 6.04 Å². The van der Waals surface area contributed by atoms with Gasteiger partial charge in [0.1, 0.15) is 6.61 Å². The summed E-state index contributed by atoms with van der Waals surface area (Å²) in [5.74, 6) is 1.62. The van der Waals surface area contributed by atoms with Gasteiger partial charge in [-0.3, -0.25) is 4.90 Å². The lowest BCUT2D eigenvalue weighted by molar-refractivity contribution is 0.0321. The third kappa shape index (κ3) is 5.48. The van der Waals surface area contributed by atoms with Crippen molar-refractivity contribution in [2.75, 3.05) is 46.1 Å². The fourth-order valence-corrected chi connectivity index (χ4v) is 2.55. The summed E-state index contributed by atoms with van der Waals surface area (Å²) in [6, 6.07) is 6.23. The van der Waals surface area contributed by atoms with Crippen LogP contribution < -0.4 is 15.2 Å². The van der Waals surface area contributed by atoms with E-state index in [2.05, 4.69) is 11.0 Å². The predicted molar refractivity (Wildman–Crippen MR) is 87.7 cm³/mol. The van der Waals surface area contributed by atoms with E-state index in [1.807, 2.05) is 26.0 Å². The minimum absolute atomic E-state index is 0.141. The molecule has 0 aliphatic carbocycles. The zero-order chi connectivity index (χ0) is 15.8. The van der Waals surface area contributed by atoms with Crippen molar-refractivity contribution in [3.63, 3.8) is 0 Å². The predicted octanol–water partition coefficient (Wildman–Crippen LogP) is 1.69. The molecule has 0 spiro atoms. The molecule has 1 aromatic carbocycles. The van der Waals surface area contributed by atoms with E-state index in [0.29, 0.717) is 13.2 Å². The van der Waals surface area contributed by atoms with Gasteiger partial charge in [-0.2, -0.15) is 0 Å². The van der Waals surface area contributed by atoms with Crippen LogP contribution >= 0.6 is 0 Å². The van der Waals surface area contributed by atoms with Gasteiger partial charge in [-0.25, -0.2) is 0 Å². The molecule has 1 saturated heterocycles. The number of nitrogens with two attached hydrogens (primary N) is 1. The Kier molecular flexibility index (Phi) is 6.96. The molecule has 2 rings (SSSR count). The number of rotatable bonds is 8. The Bertz CT molecular complexity index is 446. The first kappa shape index (κ1) is 17.1. The quantitative estimate of drug-likeness (QED) is 0.792. The van der Waals surface area contributed by atoms with Gasteiger partial charge < -0.3 is 19.9 Å². The number of nitrogens with zero attached hydrogens (tertiary/aromatic N) is 1. The molecule has 0 saturated carbocycles. The van der Waals surface area contributed by atoms with Gasteiger partial charge in [0.2, 0.25) is 0 Å². The molecule has 1 aromatic rings. The van der Waals surface area contributed by atoms with Crippen molar-refractivity contribution in [2.24, 2.45) is 5.73 Å². The highest BCUT2D eigenvalue weighted by Crippen LogP contribution is 2.29. The lowest BCUT2D eigenvalue weighted by Crippen LogP contribution is -2.38. The highest BCUT2D eigenvalue weighted by atomic mass is 16.5. The van der Waals surface area contributed by atoms with Gasteiger partial charge in [-0.15, -0.1) is 0 Å². The number of ether oxygens (including phenoxy) is 3. The van der Waals surface area contributed by atoms with E-state index < -0.39 is 0 Å². The van der Waals surface area contributed by atoms with Gasteiger partial charge >= 0.3 is 0 Å². The Balaban J connectivity index is 1.90. The SMILES string of the molecule is CCOc1cc(CC(C)N)ccc1OCCN1CCOCC1. The average Bonchev–Trinajstić information content (AvgIpc) is 2.50. The standard InChI is InChI=1S/C17H28N2O3/c1-3-21-17-13-15(12-14(2)18)4-5-16(17)22-11-8-19-6-9-20-10-7-19/h4-5,13-14H,3,6-12,18H2,1-2H3. The molecule has 0 aromatic heterocycles. The largest absolute Gasteiger partial charge is 0.490 e. The van der Waals surface area contributed by atoms with Gasteiger partial charge in [0.25, 0.3) is 0 Å². The van der Waals surface area contributed by atoms with E-state index in [1.165, 1.54) is 5.56 Å². The topological polar surface area (TPSA) is 57.0 Å². The number of benzene rings is 1. The van der Waals surface area contributed by atoms with Crippen LogP contribution in [0.2, 0.25) is 0 Å². The molecular formula is C17H28N2O3. The van der Waals surface area contributed by atoms with Gasteiger partial charge in [0.15, 0.2) is 11.5 Å². The fourth-order valence-electron chi connectivity index (χ4n) is 2.55. The van der Waals surface area contributed by atoms with Crippen LogP contribution in [0, 0.1) is 0 Å². The minimum atomic E-state index is 0.141. The molecule has 1 fully saturated rings. The first-order chi connectivity index (χ1) is 10.7. The van der Waals surface area contributed by atoms with Gasteiger partial charge in [-0.05, 0) is 38.0 Å². The second kappa shape index (κ2) is 8.98. The molecular weight excluding hydrogens is 280 g/mol. The third-order valence-electron chi connectivity index (χ3n) is 3.63. The normalized spacial score (nSPS) is 17.2. The summed E-state index contributed by atoms with van der Waals surface area (Å²) in [4.78, 5) is 2.36. The average molecular weight is 308 g/mol. The highest BCUT2D eigenvalue weighted by molar-refractivity contribution is 5.43. The minimum Gasteiger partial charge on any atom is -0.490 e. The van der Waals surface area contributed by atoms with Crippen LogP contribution in [0.4, 0.5) is 0 Å². The van der Waals surface area contributed by atoms with Crippen LogP contribution in [0.15, 0.2) is 18.2 Å². The summed E-state index contributed by atoms with van der Waals surface area (Å²) < 4.78 is 17.0. The molecule has 124 valence electrons. The van der Waals surface area contributed by atoms with Crippen LogP contribution in [0.1, 0.15) is 19.4 Å². The van der Waals surface area contributed by atoms with E-state index in [0.717, 1.165) is 50.8 Å². The zero-order valence-corrected chi connectivity index (χ0v) is 13.7. The second-order valence-corrected chi connectivity index (χ2v) is 5.70. The Hall–Kier alpha value is -1.30. The van der Waals surface area contributed by atoms with Crippen LogP contribution in [-0.2, 0) is 11.2 Å². The van der Waals surface area contributed by atoms with Crippen molar-refractivity contribution in [3.05, 3.63) is 23.8 Å². The Morgan fingerprint density at radius 3 is 2.68 bits per heavy atom. The molecule has 1 atom stereocenters. The molecule has 0 bridgehead atoms. The van der Waals surface area contributed by atoms with Crippen molar-refractivity contribution >= 4 is 0 Å². The highest BCUT2D eigenvalue weighted by Gasteiger charge is 2.11. The molecule has 1 aliphatic heterocycles. The molecule has 5 nitrogen and oxygen atoms in total. The fraction of sp³-hybridized carbons (Fsp3) is 0.647. The van der Waals surface area contributed by atoms with Crippen molar-refractivity contribution < 1.29 is 14.2 Å². The summed E-state index contributed by atoms with van der Waals surface area (Å²) in [5.41, 5.74) is 7.04. The molecule has 0 amide bonds. The van der Waals surface area contributed by atoms with E-state index in [9.17, 15) is 0 Å². The smallest absolute Gasteiger partial charge is 0.161 e. The summed E-state index contributed by atoms with van der Waals surface area (Å²) in [6.45, 7) is 9.78. The maximum absolute atomic E-state index is 5.91. The van der Waals surface area contributed by atoms with Crippen molar-refractivity contribution in [3.8, 4) is 11.5 Å². The summed E-state index contributed by atoms with van der Waals surface area (Å²) in [5, 5.41) is 0. The van der Waals surface area contributed by atoms with E-state index in [4.69, 9.17) is 19.9 Å². The molecule has 22 heavy (non-hydrogen) atoms. The van der Waals surface area contributed by atoms with Crippen LogP contribution in [0.5, 0.6) is 11.5 Å². The first-order valence-electron chi connectivity index (χ1n) is 8.13. The van der Waals surface area contributed by atoms with E-state index >= 15 is 0 Å². The van der Waals surface area contributed by atoms with Gasteiger partial charge in [-0.1, -0.05) is 6.07 Å². The van der Waals surface area contributed by atoms with Gasteiger partial charge in [0.05, 0.1) is 19.8 Å². The maximum Gasteiger partial charge on any atom is 0.161 e. The molecule has 1 aliphatic rings. The number of morpholine rings is 1. The van der Waals surface area contributed by atoms with Gasteiger partial charge in [0, 0.05) is 25.7 Å².